The van der Waals surface area contributed by atoms with Gasteiger partial charge in [0.1, 0.15) is 5.82 Å². The SMILES string of the molecule is COc1cc(C2C3=C(Nc4[nH]c(=O)[nH]c(=O)c42)c2ccccc2C3=O)cc(OC)c1O. The van der Waals surface area contributed by atoms with E-state index in [1.54, 1.807) is 36.4 Å². The molecule has 1 atom stereocenters. The van der Waals surface area contributed by atoms with Gasteiger partial charge in [0.15, 0.2) is 17.3 Å². The first-order chi connectivity index (χ1) is 14.9. The minimum Gasteiger partial charge on any atom is -0.502 e. The van der Waals surface area contributed by atoms with E-state index in [9.17, 15) is 19.5 Å². The molecule has 0 bridgehead atoms. The number of phenols is 1. The highest BCUT2D eigenvalue weighted by Gasteiger charge is 2.42. The second-order valence-corrected chi connectivity index (χ2v) is 7.19. The summed E-state index contributed by atoms with van der Waals surface area (Å²) >= 11 is 0. The van der Waals surface area contributed by atoms with E-state index >= 15 is 0 Å². The van der Waals surface area contributed by atoms with E-state index in [-0.39, 0.29) is 34.4 Å². The number of carbonyl (C=O) groups excluding carboxylic acids is 1. The third kappa shape index (κ3) is 2.59. The second kappa shape index (κ2) is 6.63. The van der Waals surface area contributed by atoms with Crippen LogP contribution in [0.15, 0.2) is 51.6 Å². The Bertz CT molecular complexity index is 1390. The Balaban J connectivity index is 1.85. The fourth-order valence-electron chi connectivity index (χ4n) is 4.27. The van der Waals surface area contributed by atoms with Crippen molar-refractivity contribution in [1.82, 2.24) is 9.97 Å². The summed E-state index contributed by atoms with van der Waals surface area (Å²) in [4.78, 5) is 43.0. The number of hydrogen-bond donors (Lipinski definition) is 4. The molecule has 0 saturated heterocycles. The highest BCUT2D eigenvalue weighted by atomic mass is 16.5. The van der Waals surface area contributed by atoms with Gasteiger partial charge >= 0.3 is 5.69 Å². The summed E-state index contributed by atoms with van der Waals surface area (Å²) in [6.07, 6.45) is 0. The lowest BCUT2D eigenvalue weighted by atomic mass is 9.81. The van der Waals surface area contributed by atoms with E-state index in [2.05, 4.69) is 15.3 Å². The minimum absolute atomic E-state index is 0.125. The third-order valence-corrected chi connectivity index (χ3v) is 5.60. The van der Waals surface area contributed by atoms with Gasteiger partial charge in [0.2, 0.25) is 5.75 Å². The maximum atomic E-state index is 13.4. The van der Waals surface area contributed by atoms with Crippen molar-refractivity contribution in [2.24, 2.45) is 0 Å². The van der Waals surface area contributed by atoms with Gasteiger partial charge in [0.25, 0.3) is 5.56 Å². The van der Waals surface area contributed by atoms with Gasteiger partial charge < -0.3 is 19.9 Å². The second-order valence-electron chi connectivity index (χ2n) is 7.19. The number of aromatic hydroxyl groups is 1. The number of H-pyrrole nitrogens is 2. The summed E-state index contributed by atoms with van der Waals surface area (Å²) in [5.74, 6) is -0.817. The van der Waals surface area contributed by atoms with Crippen molar-refractivity contribution in [3.8, 4) is 17.2 Å². The van der Waals surface area contributed by atoms with E-state index in [4.69, 9.17) is 9.47 Å². The Morgan fingerprint density at radius 2 is 1.58 bits per heavy atom. The molecule has 0 fully saturated rings. The molecule has 0 radical (unpaired) electrons. The Kier molecular flexibility index (Phi) is 4.01. The summed E-state index contributed by atoms with van der Waals surface area (Å²) in [5, 5.41) is 13.4. The smallest absolute Gasteiger partial charge is 0.327 e. The third-order valence-electron chi connectivity index (χ3n) is 5.60. The van der Waals surface area contributed by atoms with Crippen molar-refractivity contribution in [3.63, 3.8) is 0 Å². The predicted octanol–water partition coefficient (Wildman–Crippen LogP) is 1.95. The predicted molar refractivity (Wildman–Crippen MR) is 112 cm³/mol. The largest absolute Gasteiger partial charge is 0.502 e. The van der Waals surface area contributed by atoms with Gasteiger partial charge in [0.05, 0.1) is 25.5 Å². The highest BCUT2D eigenvalue weighted by molar-refractivity contribution is 6.23. The molecule has 0 spiro atoms. The number of benzene rings is 2. The van der Waals surface area contributed by atoms with Gasteiger partial charge in [-0.25, -0.2) is 4.79 Å². The quantitative estimate of drug-likeness (QED) is 0.510. The maximum Gasteiger partial charge on any atom is 0.327 e. The minimum atomic E-state index is -0.838. The van der Waals surface area contributed by atoms with Crippen LogP contribution < -0.4 is 26.0 Å². The van der Waals surface area contributed by atoms with Crippen LogP contribution in [0.2, 0.25) is 0 Å². The lowest BCUT2D eigenvalue weighted by molar-refractivity contribution is 0.103. The summed E-state index contributed by atoms with van der Waals surface area (Å²) in [6, 6.07) is 10.2. The van der Waals surface area contributed by atoms with Crippen LogP contribution in [0.1, 0.15) is 33.0 Å². The number of ether oxygens (including phenoxy) is 2. The van der Waals surface area contributed by atoms with Crippen molar-refractivity contribution < 1.29 is 19.4 Å². The zero-order valence-electron chi connectivity index (χ0n) is 16.5. The monoisotopic (exact) mass is 419 g/mol. The summed E-state index contributed by atoms with van der Waals surface area (Å²) < 4.78 is 10.5. The number of allylic oxidation sites excluding steroid dienone is 1. The molecule has 3 aromatic rings. The first-order valence-corrected chi connectivity index (χ1v) is 9.41. The number of fused-ring (bicyclic) bond motifs is 3. The van der Waals surface area contributed by atoms with Gasteiger partial charge in [-0.1, -0.05) is 24.3 Å². The number of hydrogen-bond acceptors (Lipinski definition) is 7. The molecule has 31 heavy (non-hydrogen) atoms. The first-order valence-electron chi connectivity index (χ1n) is 9.41. The van der Waals surface area contributed by atoms with Gasteiger partial charge in [-0.3, -0.25) is 19.6 Å². The topological polar surface area (TPSA) is 134 Å². The van der Waals surface area contributed by atoms with Crippen molar-refractivity contribution in [1.29, 1.82) is 0 Å². The number of anilines is 1. The number of aromatic nitrogens is 2. The normalized spacial score (nSPS) is 16.3. The number of Topliss-reactive ketones (excluding diaryl/α,β-unsaturated/α-hetero) is 1. The van der Waals surface area contributed by atoms with Crippen molar-refractivity contribution in [2.45, 2.75) is 5.92 Å². The molecule has 5 rings (SSSR count). The van der Waals surface area contributed by atoms with Gasteiger partial charge in [-0.15, -0.1) is 0 Å². The van der Waals surface area contributed by atoms with Crippen molar-refractivity contribution >= 4 is 17.3 Å². The fourth-order valence-corrected chi connectivity index (χ4v) is 4.27. The number of rotatable bonds is 3. The van der Waals surface area contributed by atoms with Crippen molar-refractivity contribution in [2.75, 3.05) is 19.5 Å². The molecular formula is C22H17N3O6. The number of carbonyl (C=O) groups is 1. The fraction of sp³-hybridized carbons (Fsp3) is 0.136. The van der Waals surface area contributed by atoms with Crippen LogP contribution in [0.4, 0.5) is 5.82 Å². The molecule has 4 N–H and O–H groups in total. The van der Waals surface area contributed by atoms with Crippen LogP contribution in [-0.2, 0) is 0 Å². The molecule has 2 aromatic carbocycles. The average Bonchev–Trinajstić information content (AvgIpc) is 3.04. The molecule has 9 nitrogen and oxygen atoms in total. The van der Waals surface area contributed by atoms with E-state index in [0.717, 1.165) is 0 Å². The lowest BCUT2D eigenvalue weighted by Gasteiger charge is -2.28. The van der Waals surface area contributed by atoms with Crippen LogP contribution in [0.25, 0.3) is 5.70 Å². The maximum absolute atomic E-state index is 13.4. The van der Waals surface area contributed by atoms with E-state index in [1.165, 1.54) is 14.2 Å². The summed E-state index contributed by atoms with van der Waals surface area (Å²) in [5.41, 5.74) is 1.42. The van der Waals surface area contributed by atoms with Crippen LogP contribution in [0.3, 0.4) is 0 Å². The van der Waals surface area contributed by atoms with Crippen LogP contribution in [-0.4, -0.2) is 35.1 Å². The zero-order valence-corrected chi connectivity index (χ0v) is 16.5. The number of ketones is 1. The number of nitrogens with one attached hydrogen (secondary N) is 3. The molecule has 1 aromatic heterocycles. The van der Waals surface area contributed by atoms with Gasteiger partial charge in [0, 0.05) is 22.6 Å². The standard InChI is InChI=1S/C22H17N3O6/c1-30-12-7-9(8-13(31-2)19(12)27)14-15-17(10-5-3-4-6-11(10)18(15)26)23-20-16(14)21(28)25-22(29)24-20/h3-8,14,27H,1-2H3,(H3,23,24,25,28,29). The molecule has 9 heteroatoms. The number of phenolic OH excluding ortho intramolecular Hbond substituents is 1. The summed E-state index contributed by atoms with van der Waals surface area (Å²) in [6.45, 7) is 0. The molecule has 1 aliphatic carbocycles. The molecule has 0 amide bonds. The Labute approximate surface area is 175 Å². The Morgan fingerprint density at radius 1 is 0.935 bits per heavy atom. The average molecular weight is 419 g/mol. The molecule has 156 valence electrons. The zero-order chi connectivity index (χ0) is 21.9. The van der Waals surface area contributed by atoms with Crippen LogP contribution >= 0.6 is 0 Å². The molecule has 1 aliphatic heterocycles. The Hall–Kier alpha value is -4.27. The molecular weight excluding hydrogens is 402 g/mol. The molecule has 2 heterocycles. The van der Waals surface area contributed by atoms with E-state index in [0.29, 0.717) is 28.0 Å². The highest BCUT2D eigenvalue weighted by Crippen LogP contribution is 2.49. The lowest BCUT2D eigenvalue weighted by Crippen LogP contribution is -2.33. The van der Waals surface area contributed by atoms with E-state index < -0.39 is 17.2 Å². The van der Waals surface area contributed by atoms with Gasteiger partial charge in [-0.2, -0.15) is 0 Å². The number of aromatic amines is 2. The molecule has 0 saturated carbocycles. The first kappa shape index (κ1) is 18.7. The van der Waals surface area contributed by atoms with Crippen LogP contribution in [0, 0.1) is 0 Å². The van der Waals surface area contributed by atoms with Gasteiger partial charge in [-0.05, 0) is 17.7 Å². The summed E-state index contributed by atoms with van der Waals surface area (Å²) in [7, 11) is 2.78. The Morgan fingerprint density at radius 3 is 2.23 bits per heavy atom. The van der Waals surface area contributed by atoms with E-state index in [1.807, 2.05) is 0 Å². The van der Waals surface area contributed by atoms with Crippen molar-refractivity contribution in [3.05, 3.63) is 85.1 Å². The molecule has 1 unspecified atom stereocenters. The number of methoxy groups -OCH3 is 2. The van der Waals surface area contributed by atoms with Crippen LogP contribution in [0.5, 0.6) is 17.2 Å². The molecule has 2 aliphatic rings.